The zero-order valence-electron chi connectivity index (χ0n) is 11.3. The lowest BCUT2D eigenvalue weighted by Crippen LogP contribution is -2.39. The quantitative estimate of drug-likeness (QED) is 0.471. The van der Waals surface area contributed by atoms with Gasteiger partial charge in [0.05, 0.1) is 7.11 Å². The number of rotatable bonds is 8. The van der Waals surface area contributed by atoms with Crippen molar-refractivity contribution in [2.24, 2.45) is 0 Å². The minimum Gasteiger partial charge on any atom is -0.468 e. The Morgan fingerprint density at radius 2 is 2.32 bits per heavy atom. The molecule has 0 saturated carbocycles. The highest BCUT2D eigenvalue weighted by Gasteiger charge is 2.21. The Morgan fingerprint density at radius 1 is 1.58 bits per heavy atom. The van der Waals surface area contributed by atoms with Gasteiger partial charge in [-0.1, -0.05) is 25.8 Å². The number of esters is 1. The van der Waals surface area contributed by atoms with Crippen molar-refractivity contribution in [2.75, 3.05) is 7.11 Å². The molecule has 0 saturated heterocycles. The summed E-state index contributed by atoms with van der Waals surface area (Å²) in [6.07, 6.45) is 2.66. The monoisotopic (exact) mass is 285 g/mol. The summed E-state index contributed by atoms with van der Waals surface area (Å²) in [4.78, 5) is 12.4. The van der Waals surface area contributed by atoms with Crippen molar-refractivity contribution in [3.8, 4) is 0 Å². The molecule has 3 N–H and O–H groups in total. The van der Waals surface area contributed by atoms with Crippen LogP contribution in [0.4, 0.5) is 0 Å². The van der Waals surface area contributed by atoms with Gasteiger partial charge in [0.2, 0.25) is 0 Å². The lowest BCUT2D eigenvalue weighted by molar-refractivity contribution is -0.143. The molecule has 1 rings (SSSR count). The van der Waals surface area contributed by atoms with Crippen molar-refractivity contribution >= 4 is 29.9 Å². The summed E-state index contributed by atoms with van der Waals surface area (Å²) in [6, 6.07) is 1.32. The molecular formula is C12H20BNO4S. The van der Waals surface area contributed by atoms with Crippen LogP contribution in [0, 0.1) is 0 Å². The van der Waals surface area contributed by atoms with Gasteiger partial charge in [0, 0.05) is 11.4 Å². The Bertz CT molecular complexity index is 397. The van der Waals surface area contributed by atoms with Gasteiger partial charge in [0.1, 0.15) is 6.04 Å². The summed E-state index contributed by atoms with van der Waals surface area (Å²) >= 11 is 1.43. The molecule has 0 bridgehead atoms. The molecule has 106 valence electrons. The Balaban J connectivity index is 2.59. The molecule has 1 atom stereocenters. The highest BCUT2D eigenvalue weighted by molar-refractivity contribution is 7.11. The first kappa shape index (κ1) is 16.2. The predicted molar refractivity (Wildman–Crippen MR) is 76.3 cm³/mol. The van der Waals surface area contributed by atoms with Crippen LogP contribution in [0.1, 0.15) is 31.1 Å². The first-order valence-electron chi connectivity index (χ1n) is 6.33. The number of carbonyl (C=O) groups is 1. The molecule has 1 aromatic rings. The molecule has 0 aliphatic carbocycles. The zero-order valence-corrected chi connectivity index (χ0v) is 12.1. The highest BCUT2D eigenvalue weighted by atomic mass is 32.1. The number of nitrogens with one attached hydrogen (secondary N) is 1. The smallest absolute Gasteiger partial charge is 0.468 e. The van der Waals surface area contributed by atoms with Crippen molar-refractivity contribution in [1.29, 1.82) is 0 Å². The number of hydrogen-bond donors (Lipinski definition) is 3. The summed E-state index contributed by atoms with van der Waals surface area (Å²) in [6.45, 7) is 2.49. The minimum absolute atomic E-state index is 0.281. The largest absolute Gasteiger partial charge is 0.489 e. The van der Waals surface area contributed by atoms with Gasteiger partial charge in [-0.25, -0.2) is 0 Å². The average molecular weight is 285 g/mol. The molecule has 7 heteroatoms. The number of carbonyl (C=O) groups excluding carboxylic acids is 1. The van der Waals surface area contributed by atoms with Crippen LogP contribution in [-0.2, 0) is 16.1 Å². The molecule has 0 aliphatic heterocycles. The van der Waals surface area contributed by atoms with E-state index in [1.54, 1.807) is 11.4 Å². The Hall–Kier alpha value is -0.885. The lowest BCUT2D eigenvalue weighted by atomic mass is 9.80. The predicted octanol–water partition coefficient (Wildman–Crippen LogP) is 0.249. The number of ether oxygens (including phenoxy) is 1. The molecule has 0 radical (unpaired) electrons. The molecule has 1 aromatic heterocycles. The van der Waals surface area contributed by atoms with Crippen molar-refractivity contribution < 1.29 is 19.6 Å². The number of hydrogen-bond acceptors (Lipinski definition) is 6. The maximum Gasteiger partial charge on any atom is 0.489 e. The Morgan fingerprint density at radius 3 is 2.89 bits per heavy atom. The van der Waals surface area contributed by atoms with Crippen molar-refractivity contribution in [1.82, 2.24) is 5.32 Å². The maximum atomic E-state index is 11.6. The third-order valence-corrected chi connectivity index (χ3v) is 3.84. The van der Waals surface area contributed by atoms with Gasteiger partial charge in [-0.3, -0.25) is 10.1 Å². The van der Waals surface area contributed by atoms with E-state index in [0.717, 1.165) is 17.7 Å². The van der Waals surface area contributed by atoms with Crippen LogP contribution in [0.5, 0.6) is 0 Å². The van der Waals surface area contributed by atoms with E-state index in [0.29, 0.717) is 18.4 Å². The molecular weight excluding hydrogens is 265 g/mol. The van der Waals surface area contributed by atoms with E-state index >= 15 is 0 Å². The zero-order chi connectivity index (χ0) is 14.3. The molecule has 0 aliphatic rings. The average Bonchev–Trinajstić information content (AvgIpc) is 2.86. The topological polar surface area (TPSA) is 78.8 Å². The summed E-state index contributed by atoms with van der Waals surface area (Å²) < 4.78 is 4.76. The fraction of sp³-hybridized carbons (Fsp3) is 0.583. The third-order valence-electron chi connectivity index (χ3n) is 2.90. The SMILES string of the molecule is CCCCC(NCc1sccc1B(O)O)C(=O)OC. The number of methoxy groups -OCH3 is 1. The van der Waals surface area contributed by atoms with E-state index < -0.39 is 7.12 Å². The van der Waals surface area contributed by atoms with Crippen LogP contribution in [0.25, 0.3) is 0 Å². The molecule has 0 spiro atoms. The molecule has 5 nitrogen and oxygen atoms in total. The lowest BCUT2D eigenvalue weighted by Gasteiger charge is -2.16. The third kappa shape index (κ3) is 4.95. The van der Waals surface area contributed by atoms with E-state index in [2.05, 4.69) is 12.2 Å². The first-order valence-corrected chi connectivity index (χ1v) is 7.21. The van der Waals surface area contributed by atoms with E-state index in [9.17, 15) is 14.8 Å². The van der Waals surface area contributed by atoms with Gasteiger partial charge in [-0.2, -0.15) is 0 Å². The summed E-state index contributed by atoms with van der Waals surface area (Å²) in [5, 5.41) is 23.3. The van der Waals surface area contributed by atoms with E-state index in [4.69, 9.17) is 4.74 Å². The van der Waals surface area contributed by atoms with Gasteiger partial charge >= 0.3 is 13.1 Å². The Kier molecular flexibility index (Phi) is 7.08. The second kappa shape index (κ2) is 8.32. The van der Waals surface area contributed by atoms with Gasteiger partial charge in [-0.15, -0.1) is 11.3 Å². The molecule has 19 heavy (non-hydrogen) atoms. The van der Waals surface area contributed by atoms with Gasteiger partial charge < -0.3 is 14.8 Å². The molecule has 0 fully saturated rings. The second-order valence-corrected chi connectivity index (χ2v) is 5.27. The Labute approximate surface area is 117 Å². The molecule has 0 amide bonds. The van der Waals surface area contributed by atoms with Gasteiger partial charge in [-0.05, 0) is 17.3 Å². The minimum atomic E-state index is -1.48. The summed E-state index contributed by atoms with van der Waals surface area (Å²) in [7, 11) is -0.105. The first-order chi connectivity index (χ1) is 9.10. The van der Waals surface area contributed by atoms with Crippen LogP contribution in [0.3, 0.4) is 0 Å². The normalized spacial score (nSPS) is 12.2. The van der Waals surface area contributed by atoms with Crippen LogP contribution in [0.2, 0.25) is 0 Å². The van der Waals surface area contributed by atoms with Crippen molar-refractivity contribution in [2.45, 2.75) is 38.8 Å². The fourth-order valence-electron chi connectivity index (χ4n) is 1.79. The van der Waals surface area contributed by atoms with Gasteiger partial charge in [0.25, 0.3) is 0 Å². The highest BCUT2D eigenvalue weighted by Crippen LogP contribution is 2.09. The van der Waals surface area contributed by atoms with Crippen LogP contribution < -0.4 is 10.8 Å². The van der Waals surface area contributed by atoms with Crippen molar-refractivity contribution in [3.63, 3.8) is 0 Å². The number of unbranched alkanes of at least 4 members (excludes halogenated alkanes) is 1. The van der Waals surface area contributed by atoms with E-state index in [1.807, 2.05) is 0 Å². The van der Waals surface area contributed by atoms with E-state index in [-0.39, 0.29) is 12.0 Å². The van der Waals surface area contributed by atoms with Gasteiger partial charge in [0.15, 0.2) is 0 Å². The van der Waals surface area contributed by atoms with Crippen LogP contribution >= 0.6 is 11.3 Å². The second-order valence-electron chi connectivity index (χ2n) is 4.27. The number of thiophene rings is 1. The maximum absolute atomic E-state index is 11.6. The molecule has 1 heterocycles. The van der Waals surface area contributed by atoms with E-state index in [1.165, 1.54) is 18.4 Å². The summed E-state index contributed by atoms with van der Waals surface area (Å²) in [5.74, 6) is -0.281. The standard InChI is InChI=1S/C12H20BNO4S/c1-3-4-5-10(12(15)18-2)14-8-11-9(13(16)17)6-7-19-11/h6-7,10,14,16-17H,3-5,8H2,1-2H3. The van der Waals surface area contributed by atoms with Crippen molar-refractivity contribution in [3.05, 3.63) is 16.3 Å². The summed E-state index contributed by atoms with van der Waals surface area (Å²) in [5.41, 5.74) is 0.483. The molecule has 0 aromatic carbocycles. The molecule has 1 unspecified atom stereocenters. The fourth-order valence-corrected chi connectivity index (χ4v) is 2.65. The van der Waals surface area contributed by atoms with Crippen LogP contribution in [0.15, 0.2) is 11.4 Å². The van der Waals surface area contributed by atoms with Crippen LogP contribution in [-0.4, -0.2) is 36.3 Å².